The molecule has 4 aromatic rings. The van der Waals surface area contributed by atoms with E-state index in [-0.39, 0.29) is 0 Å². The van der Waals surface area contributed by atoms with Gasteiger partial charge in [0.05, 0.1) is 34.0 Å². The van der Waals surface area contributed by atoms with E-state index in [9.17, 15) is 5.11 Å². The second kappa shape index (κ2) is 8.55. The van der Waals surface area contributed by atoms with Crippen LogP contribution in [0.1, 0.15) is 10.7 Å². The molecule has 9 heteroatoms. The highest BCUT2D eigenvalue weighted by Gasteiger charge is 2.14. The largest absolute Gasteiger partial charge is 0.378 e. The van der Waals surface area contributed by atoms with E-state index in [2.05, 4.69) is 43.5 Å². The summed E-state index contributed by atoms with van der Waals surface area (Å²) in [7, 11) is 4.04. The number of hydrogen-bond acceptors (Lipinski definition) is 8. The van der Waals surface area contributed by atoms with Gasteiger partial charge in [0.2, 0.25) is 0 Å². The summed E-state index contributed by atoms with van der Waals surface area (Å²) >= 11 is 3.10. The molecule has 1 atom stereocenters. The summed E-state index contributed by atoms with van der Waals surface area (Å²) in [6, 6.07) is 8.28. The van der Waals surface area contributed by atoms with Gasteiger partial charge in [-0.05, 0) is 31.5 Å². The standard InChI is InChI=1S/C21H24N6OS2/c1-13-20(30-14(2)23-13)18-12-29-21(24-18)25-19(28)11-27-10-16(9-22-27)15-6-5-7-17(8-15)26(3)4/h5-10,12,19,28H,11H2,1-4H3,(H,24,25). The van der Waals surface area contributed by atoms with Crippen LogP contribution >= 0.6 is 22.7 Å². The number of aromatic nitrogens is 4. The lowest BCUT2D eigenvalue weighted by Crippen LogP contribution is -2.25. The Bertz CT molecular complexity index is 1150. The molecular formula is C21H24N6OS2. The Morgan fingerprint density at radius 2 is 2.03 bits per heavy atom. The number of benzene rings is 1. The molecule has 0 spiro atoms. The predicted octanol–water partition coefficient (Wildman–Crippen LogP) is 4.24. The maximum absolute atomic E-state index is 10.5. The van der Waals surface area contributed by atoms with Crippen molar-refractivity contribution in [3.05, 3.63) is 52.7 Å². The SMILES string of the molecule is Cc1nc(C)c(-c2csc(NC(O)Cn3cc(-c4cccc(N(C)C)c4)cn3)n2)s1. The van der Waals surface area contributed by atoms with Gasteiger partial charge >= 0.3 is 0 Å². The molecule has 1 unspecified atom stereocenters. The number of aliphatic hydroxyl groups excluding tert-OH is 1. The predicted molar refractivity (Wildman–Crippen MR) is 124 cm³/mol. The van der Waals surface area contributed by atoms with Gasteiger partial charge in [0.1, 0.15) is 6.23 Å². The van der Waals surface area contributed by atoms with Crippen LogP contribution < -0.4 is 10.2 Å². The summed E-state index contributed by atoms with van der Waals surface area (Å²) in [5.41, 5.74) is 5.11. The monoisotopic (exact) mass is 440 g/mol. The Morgan fingerprint density at radius 3 is 2.77 bits per heavy atom. The van der Waals surface area contributed by atoms with Gasteiger partial charge in [-0.3, -0.25) is 4.68 Å². The molecule has 1 aromatic carbocycles. The molecule has 0 aliphatic carbocycles. The first-order valence-electron chi connectivity index (χ1n) is 9.54. The number of rotatable bonds is 7. The fourth-order valence-electron chi connectivity index (χ4n) is 3.15. The van der Waals surface area contributed by atoms with Gasteiger partial charge in [0.15, 0.2) is 5.13 Å². The van der Waals surface area contributed by atoms with Crippen LogP contribution in [-0.2, 0) is 6.54 Å². The van der Waals surface area contributed by atoms with Crippen molar-refractivity contribution in [1.29, 1.82) is 0 Å². The van der Waals surface area contributed by atoms with Crippen LogP contribution in [0.15, 0.2) is 42.0 Å². The third-order valence-electron chi connectivity index (χ3n) is 4.62. The summed E-state index contributed by atoms with van der Waals surface area (Å²) in [6.45, 7) is 4.30. The van der Waals surface area contributed by atoms with E-state index in [1.54, 1.807) is 16.0 Å². The van der Waals surface area contributed by atoms with E-state index in [1.807, 2.05) is 51.8 Å². The van der Waals surface area contributed by atoms with E-state index in [4.69, 9.17) is 0 Å². The first-order valence-corrected chi connectivity index (χ1v) is 11.2. The van der Waals surface area contributed by atoms with Gasteiger partial charge in [-0.15, -0.1) is 22.7 Å². The van der Waals surface area contributed by atoms with E-state index in [0.29, 0.717) is 11.7 Å². The quantitative estimate of drug-likeness (QED) is 0.419. The topological polar surface area (TPSA) is 79.1 Å². The number of nitrogens with zero attached hydrogens (tertiary/aromatic N) is 5. The highest BCUT2D eigenvalue weighted by atomic mass is 32.1. The van der Waals surface area contributed by atoms with Crippen LogP contribution in [0.4, 0.5) is 10.8 Å². The van der Waals surface area contributed by atoms with Crippen LogP contribution in [0.5, 0.6) is 0 Å². The van der Waals surface area contributed by atoms with Gasteiger partial charge < -0.3 is 15.3 Å². The molecule has 3 aromatic heterocycles. The molecule has 0 aliphatic rings. The molecule has 4 rings (SSSR count). The minimum atomic E-state index is -0.797. The number of nitrogens with one attached hydrogen (secondary N) is 1. The summed E-state index contributed by atoms with van der Waals surface area (Å²) in [4.78, 5) is 12.2. The van der Waals surface area contributed by atoms with E-state index < -0.39 is 6.23 Å². The van der Waals surface area contributed by atoms with Gasteiger partial charge in [0, 0.05) is 36.9 Å². The zero-order valence-corrected chi connectivity index (χ0v) is 19.0. The van der Waals surface area contributed by atoms with Crippen LogP contribution in [0, 0.1) is 13.8 Å². The first-order chi connectivity index (χ1) is 14.4. The number of anilines is 2. The molecule has 0 saturated heterocycles. The maximum Gasteiger partial charge on any atom is 0.185 e. The van der Waals surface area contributed by atoms with Gasteiger partial charge in [0.25, 0.3) is 0 Å². The average Bonchev–Trinajstić information content (AvgIpc) is 3.42. The molecule has 2 N–H and O–H groups in total. The molecule has 3 heterocycles. The Balaban J connectivity index is 1.41. The summed E-state index contributed by atoms with van der Waals surface area (Å²) < 4.78 is 1.74. The van der Waals surface area contributed by atoms with Crippen molar-refractivity contribution in [2.75, 3.05) is 24.3 Å². The minimum Gasteiger partial charge on any atom is -0.378 e. The molecule has 0 fully saturated rings. The van der Waals surface area contributed by atoms with E-state index >= 15 is 0 Å². The number of aliphatic hydroxyl groups is 1. The first kappa shape index (κ1) is 20.5. The molecule has 156 valence electrons. The smallest absolute Gasteiger partial charge is 0.185 e. The zero-order valence-electron chi connectivity index (χ0n) is 17.3. The summed E-state index contributed by atoms with van der Waals surface area (Å²) in [5.74, 6) is 0. The van der Waals surface area contributed by atoms with Crippen LogP contribution in [-0.4, -0.2) is 45.2 Å². The van der Waals surface area contributed by atoms with Crippen molar-refractivity contribution in [2.45, 2.75) is 26.6 Å². The van der Waals surface area contributed by atoms with Crippen molar-refractivity contribution in [3.8, 4) is 21.7 Å². The van der Waals surface area contributed by atoms with Crippen LogP contribution in [0.25, 0.3) is 21.7 Å². The third kappa shape index (κ3) is 4.53. The lowest BCUT2D eigenvalue weighted by Gasteiger charge is -2.13. The summed E-state index contributed by atoms with van der Waals surface area (Å²) in [6.07, 6.45) is 2.96. The Labute approximate surface area is 183 Å². The maximum atomic E-state index is 10.5. The normalized spacial score (nSPS) is 12.2. The fourth-order valence-corrected chi connectivity index (χ4v) is 4.86. The second-order valence-corrected chi connectivity index (χ2v) is 9.30. The highest BCUT2D eigenvalue weighted by Crippen LogP contribution is 2.32. The minimum absolute atomic E-state index is 0.320. The molecule has 7 nitrogen and oxygen atoms in total. The molecule has 30 heavy (non-hydrogen) atoms. The molecule has 0 aliphatic heterocycles. The highest BCUT2D eigenvalue weighted by molar-refractivity contribution is 7.16. The average molecular weight is 441 g/mol. The van der Waals surface area contributed by atoms with E-state index in [0.717, 1.165) is 38.1 Å². The second-order valence-electron chi connectivity index (χ2n) is 7.24. The zero-order chi connectivity index (χ0) is 21.3. The number of aryl methyl sites for hydroxylation is 2. The van der Waals surface area contributed by atoms with Crippen molar-refractivity contribution in [2.24, 2.45) is 0 Å². The molecule has 0 radical (unpaired) electrons. The van der Waals surface area contributed by atoms with E-state index in [1.165, 1.54) is 11.3 Å². The Morgan fingerprint density at radius 1 is 1.20 bits per heavy atom. The van der Waals surface area contributed by atoms with Gasteiger partial charge in [-0.25, -0.2) is 9.97 Å². The number of thiazole rings is 2. The van der Waals surface area contributed by atoms with Crippen molar-refractivity contribution >= 4 is 33.5 Å². The number of hydrogen-bond donors (Lipinski definition) is 2. The Hall–Kier alpha value is -2.75. The lowest BCUT2D eigenvalue weighted by atomic mass is 10.1. The van der Waals surface area contributed by atoms with Crippen LogP contribution in [0.2, 0.25) is 0 Å². The summed E-state index contributed by atoms with van der Waals surface area (Å²) in [5, 5.41) is 21.6. The Kier molecular flexibility index (Phi) is 5.85. The molecular weight excluding hydrogens is 416 g/mol. The fraction of sp³-hybridized carbons (Fsp3) is 0.286. The molecule has 0 saturated carbocycles. The van der Waals surface area contributed by atoms with Crippen molar-refractivity contribution < 1.29 is 5.11 Å². The van der Waals surface area contributed by atoms with Crippen LogP contribution in [0.3, 0.4) is 0 Å². The van der Waals surface area contributed by atoms with Gasteiger partial charge in [-0.2, -0.15) is 5.10 Å². The molecule has 0 bridgehead atoms. The third-order valence-corrected chi connectivity index (χ3v) is 6.49. The van der Waals surface area contributed by atoms with Crippen molar-refractivity contribution in [1.82, 2.24) is 19.7 Å². The van der Waals surface area contributed by atoms with Crippen molar-refractivity contribution in [3.63, 3.8) is 0 Å². The van der Waals surface area contributed by atoms with Gasteiger partial charge in [-0.1, -0.05) is 12.1 Å². The lowest BCUT2D eigenvalue weighted by molar-refractivity contribution is 0.177. The molecule has 0 amide bonds.